The van der Waals surface area contributed by atoms with Crippen molar-refractivity contribution in [2.24, 2.45) is 0 Å². The summed E-state index contributed by atoms with van der Waals surface area (Å²) < 4.78 is 0. The topological polar surface area (TPSA) is 82.6 Å². The van der Waals surface area contributed by atoms with Crippen LogP contribution in [0.25, 0.3) is 0 Å². The molecule has 2 aliphatic heterocycles. The number of carbonyl (C=O) groups is 3. The van der Waals surface area contributed by atoms with Gasteiger partial charge in [-0.1, -0.05) is 25.0 Å². The summed E-state index contributed by atoms with van der Waals surface area (Å²) in [4.78, 5) is 47.2. The molecule has 3 amide bonds. The van der Waals surface area contributed by atoms with Gasteiger partial charge in [-0.3, -0.25) is 19.4 Å². The number of pyridine rings is 1. The minimum atomic E-state index is -0.857. The maximum Gasteiger partial charge on any atom is 0.250 e. The number of aromatic nitrogens is 1. The van der Waals surface area contributed by atoms with E-state index in [1.807, 2.05) is 29.2 Å². The Balaban J connectivity index is 1.55. The van der Waals surface area contributed by atoms with Gasteiger partial charge < -0.3 is 15.1 Å². The molecule has 1 fully saturated rings. The van der Waals surface area contributed by atoms with Crippen molar-refractivity contribution in [1.82, 2.24) is 9.88 Å². The van der Waals surface area contributed by atoms with Crippen LogP contribution in [-0.4, -0.2) is 52.5 Å². The fraction of sp³-hybridized carbons (Fsp3) is 0.364. The van der Waals surface area contributed by atoms with Crippen molar-refractivity contribution >= 4 is 40.9 Å². The molecule has 1 N–H and O–H groups in total. The van der Waals surface area contributed by atoms with Gasteiger partial charge in [-0.2, -0.15) is 0 Å². The number of thioether (sulfide) groups is 1. The Bertz CT molecular complexity index is 929. The number of hydrogen-bond acceptors (Lipinski definition) is 5. The number of nitrogens with one attached hydrogen (secondary N) is 1. The van der Waals surface area contributed by atoms with E-state index in [9.17, 15) is 14.4 Å². The highest BCUT2D eigenvalue weighted by Crippen LogP contribution is 2.39. The van der Waals surface area contributed by atoms with Gasteiger partial charge in [-0.05, 0) is 37.1 Å². The van der Waals surface area contributed by atoms with Crippen molar-refractivity contribution in [1.29, 1.82) is 0 Å². The Labute approximate surface area is 179 Å². The molecular weight excluding hydrogens is 400 g/mol. The molecule has 7 nitrogen and oxygen atoms in total. The first kappa shape index (κ1) is 20.4. The largest absolute Gasteiger partial charge is 0.341 e. The number of rotatable bonds is 4. The number of amides is 3. The zero-order valence-corrected chi connectivity index (χ0v) is 17.4. The number of hydrogen-bond donors (Lipinski definition) is 1. The number of para-hydroxylation sites is 1. The van der Waals surface area contributed by atoms with Crippen LogP contribution in [0.5, 0.6) is 0 Å². The molecule has 1 saturated heterocycles. The minimum absolute atomic E-state index is 0.154. The second-order valence-electron chi connectivity index (χ2n) is 7.42. The first-order chi connectivity index (χ1) is 14.6. The monoisotopic (exact) mass is 424 g/mol. The Morgan fingerprint density at radius 2 is 1.83 bits per heavy atom. The van der Waals surface area contributed by atoms with Crippen LogP contribution in [0.15, 0.2) is 53.7 Å². The summed E-state index contributed by atoms with van der Waals surface area (Å²) in [5.41, 5.74) is 1.22. The first-order valence-electron chi connectivity index (χ1n) is 10.2. The van der Waals surface area contributed by atoms with Crippen LogP contribution in [0.2, 0.25) is 0 Å². The molecule has 30 heavy (non-hydrogen) atoms. The summed E-state index contributed by atoms with van der Waals surface area (Å²) >= 11 is 1.28. The lowest BCUT2D eigenvalue weighted by atomic mass is 10.2. The zero-order valence-electron chi connectivity index (χ0n) is 16.6. The number of benzene rings is 1. The van der Waals surface area contributed by atoms with E-state index >= 15 is 0 Å². The lowest BCUT2D eigenvalue weighted by Gasteiger charge is -2.34. The molecule has 3 heterocycles. The maximum absolute atomic E-state index is 13.3. The highest BCUT2D eigenvalue weighted by molar-refractivity contribution is 8.01. The molecule has 0 aliphatic carbocycles. The summed E-state index contributed by atoms with van der Waals surface area (Å²) in [5.74, 6) is -0.827. The number of anilines is 2. The number of nitrogens with zero attached hydrogens (tertiary/aromatic N) is 3. The van der Waals surface area contributed by atoms with Gasteiger partial charge in [-0.25, -0.2) is 0 Å². The van der Waals surface area contributed by atoms with Crippen molar-refractivity contribution in [3.63, 3.8) is 0 Å². The van der Waals surface area contributed by atoms with Crippen LogP contribution in [0.3, 0.4) is 0 Å². The van der Waals surface area contributed by atoms with Crippen molar-refractivity contribution in [2.75, 3.05) is 29.9 Å². The third kappa shape index (κ3) is 4.48. The number of carbonyl (C=O) groups excluding carboxylic acids is 3. The Hall–Kier alpha value is -2.87. The average Bonchev–Trinajstić information content (AvgIpc) is 3.05. The molecular formula is C22H24N4O3S. The van der Waals surface area contributed by atoms with Crippen LogP contribution in [0.4, 0.5) is 11.4 Å². The predicted molar refractivity (Wildman–Crippen MR) is 116 cm³/mol. The van der Waals surface area contributed by atoms with Gasteiger partial charge in [0, 0.05) is 24.2 Å². The zero-order chi connectivity index (χ0) is 20.9. The van der Waals surface area contributed by atoms with E-state index in [0.717, 1.165) is 30.6 Å². The van der Waals surface area contributed by atoms with E-state index in [0.29, 0.717) is 24.5 Å². The van der Waals surface area contributed by atoms with Crippen LogP contribution in [-0.2, 0) is 14.4 Å². The van der Waals surface area contributed by atoms with Gasteiger partial charge in [0.15, 0.2) is 5.25 Å². The first-order valence-corrected chi connectivity index (χ1v) is 11.1. The highest BCUT2D eigenvalue weighted by Gasteiger charge is 2.40. The summed E-state index contributed by atoms with van der Waals surface area (Å²) in [6, 6.07) is 10.9. The molecule has 1 aromatic heterocycles. The lowest BCUT2D eigenvalue weighted by molar-refractivity contribution is -0.135. The fourth-order valence-electron chi connectivity index (χ4n) is 3.77. The van der Waals surface area contributed by atoms with E-state index < -0.39 is 5.25 Å². The lowest BCUT2D eigenvalue weighted by Crippen LogP contribution is -2.51. The molecule has 1 aromatic carbocycles. The van der Waals surface area contributed by atoms with E-state index in [-0.39, 0.29) is 24.3 Å². The minimum Gasteiger partial charge on any atom is -0.341 e. The Morgan fingerprint density at radius 1 is 1.07 bits per heavy atom. The van der Waals surface area contributed by atoms with Gasteiger partial charge in [0.05, 0.1) is 17.6 Å². The van der Waals surface area contributed by atoms with Crippen LogP contribution < -0.4 is 10.2 Å². The normalized spacial score (nSPS) is 19.1. The van der Waals surface area contributed by atoms with E-state index in [2.05, 4.69) is 10.3 Å². The van der Waals surface area contributed by atoms with Crippen molar-refractivity contribution in [3.05, 3.63) is 48.8 Å². The highest BCUT2D eigenvalue weighted by atomic mass is 32.2. The van der Waals surface area contributed by atoms with Crippen LogP contribution >= 0.6 is 11.8 Å². The molecule has 2 aromatic rings. The van der Waals surface area contributed by atoms with Gasteiger partial charge >= 0.3 is 0 Å². The third-order valence-electron chi connectivity index (χ3n) is 5.28. The molecule has 0 saturated carbocycles. The molecule has 0 spiro atoms. The van der Waals surface area contributed by atoms with Crippen LogP contribution in [0, 0.1) is 0 Å². The van der Waals surface area contributed by atoms with Gasteiger partial charge in [-0.15, -0.1) is 11.8 Å². The molecule has 0 radical (unpaired) electrons. The summed E-state index contributed by atoms with van der Waals surface area (Å²) in [5, 5.41) is 1.90. The molecule has 0 bridgehead atoms. The quantitative estimate of drug-likeness (QED) is 0.763. The van der Waals surface area contributed by atoms with Gasteiger partial charge in [0.2, 0.25) is 11.8 Å². The molecule has 1 atom stereocenters. The second-order valence-corrected chi connectivity index (χ2v) is 8.57. The molecule has 4 rings (SSSR count). The van der Waals surface area contributed by atoms with Crippen molar-refractivity contribution in [2.45, 2.75) is 35.8 Å². The Kier molecular flexibility index (Phi) is 6.32. The van der Waals surface area contributed by atoms with E-state index in [1.54, 1.807) is 24.5 Å². The summed E-state index contributed by atoms with van der Waals surface area (Å²) in [7, 11) is 0. The summed E-state index contributed by atoms with van der Waals surface area (Å²) in [6.07, 6.45) is 7.32. The number of likely N-dealkylation sites (tertiary alicyclic amines) is 1. The van der Waals surface area contributed by atoms with Gasteiger partial charge in [0.1, 0.15) is 6.54 Å². The molecule has 0 unspecified atom stereocenters. The van der Waals surface area contributed by atoms with Crippen molar-refractivity contribution < 1.29 is 14.4 Å². The smallest absolute Gasteiger partial charge is 0.250 e. The molecule has 8 heteroatoms. The number of fused-ring (bicyclic) bond motifs is 1. The van der Waals surface area contributed by atoms with Crippen LogP contribution in [0.1, 0.15) is 25.7 Å². The summed E-state index contributed by atoms with van der Waals surface area (Å²) in [6.45, 7) is 1.22. The Morgan fingerprint density at radius 3 is 2.57 bits per heavy atom. The molecule has 156 valence electrons. The van der Waals surface area contributed by atoms with Gasteiger partial charge in [0.25, 0.3) is 5.91 Å². The standard InChI is InChI=1S/C22H24N4O3S/c27-19(24-16-8-7-11-23-14-16)15-26-17-9-3-4-10-18(17)30-20(22(26)29)21(28)25-12-5-1-2-6-13-25/h3-4,7-11,14,20H,1-2,5-6,12-13,15H2,(H,24,27)/t20-/m1/s1. The second kappa shape index (κ2) is 9.30. The fourth-order valence-corrected chi connectivity index (χ4v) is 4.96. The maximum atomic E-state index is 13.3. The van der Waals surface area contributed by atoms with Crippen molar-refractivity contribution in [3.8, 4) is 0 Å². The predicted octanol–water partition coefficient (Wildman–Crippen LogP) is 2.93. The van der Waals surface area contributed by atoms with E-state index in [4.69, 9.17) is 0 Å². The average molecular weight is 425 g/mol. The SMILES string of the molecule is O=C(CN1C(=O)[C@@H](C(=O)N2CCCCCC2)Sc2ccccc21)Nc1cccnc1. The van der Waals surface area contributed by atoms with E-state index in [1.165, 1.54) is 16.7 Å². The molecule has 2 aliphatic rings. The third-order valence-corrected chi connectivity index (χ3v) is 6.52.